The number of nitrogens with one attached hydrogen (secondary N) is 1. The SMILES string of the molecule is O=C(CCc1cccnc1)N[C@@H]1CCN(c2ccc(Cl)cc2)C1=O. The molecular weight excluding hydrogens is 326 g/mol. The summed E-state index contributed by atoms with van der Waals surface area (Å²) in [5.74, 6) is -0.192. The molecule has 2 aromatic rings. The standard InChI is InChI=1S/C18H18ClN3O2/c19-14-4-6-15(7-5-14)22-11-9-16(18(22)24)21-17(23)8-3-13-2-1-10-20-12-13/h1-2,4-7,10,12,16H,3,8-9,11H2,(H,21,23)/t16-/m1/s1. The van der Waals surface area contributed by atoms with Gasteiger partial charge in [-0.3, -0.25) is 14.6 Å². The Morgan fingerprint density at radius 3 is 2.79 bits per heavy atom. The number of benzene rings is 1. The predicted octanol–water partition coefficient (Wildman–Crippen LogP) is 2.59. The summed E-state index contributed by atoms with van der Waals surface area (Å²) in [6, 6.07) is 10.5. The molecule has 0 aliphatic carbocycles. The Morgan fingerprint density at radius 1 is 1.29 bits per heavy atom. The quantitative estimate of drug-likeness (QED) is 0.907. The van der Waals surface area contributed by atoms with Crippen LogP contribution in [-0.4, -0.2) is 29.4 Å². The average Bonchev–Trinajstić information content (AvgIpc) is 2.95. The van der Waals surface area contributed by atoms with Crippen LogP contribution < -0.4 is 10.2 Å². The number of hydrogen-bond donors (Lipinski definition) is 1. The topological polar surface area (TPSA) is 62.3 Å². The molecule has 24 heavy (non-hydrogen) atoms. The molecule has 124 valence electrons. The van der Waals surface area contributed by atoms with Gasteiger partial charge in [-0.2, -0.15) is 0 Å². The lowest BCUT2D eigenvalue weighted by Gasteiger charge is -2.17. The molecule has 0 saturated carbocycles. The van der Waals surface area contributed by atoms with Crippen molar-refractivity contribution in [1.82, 2.24) is 10.3 Å². The fraction of sp³-hybridized carbons (Fsp3) is 0.278. The van der Waals surface area contributed by atoms with Crippen molar-refractivity contribution < 1.29 is 9.59 Å². The van der Waals surface area contributed by atoms with E-state index in [1.165, 1.54) is 0 Å². The normalized spacial score (nSPS) is 17.1. The molecule has 2 amide bonds. The maximum absolute atomic E-state index is 12.5. The van der Waals surface area contributed by atoms with Crippen LogP contribution in [0.1, 0.15) is 18.4 Å². The van der Waals surface area contributed by atoms with E-state index in [1.54, 1.807) is 29.4 Å². The van der Waals surface area contributed by atoms with E-state index in [-0.39, 0.29) is 11.8 Å². The van der Waals surface area contributed by atoms with Crippen LogP contribution in [-0.2, 0) is 16.0 Å². The Balaban J connectivity index is 1.53. The van der Waals surface area contributed by atoms with E-state index in [1.807, 2.05) is 24.3 Å². The Kier molecular flexibility index (Phi) is 5.11. The Bertz CT molecular complexity index is 719. The lowest BCUT2D eigenvalue weighted by Crippen LogP contribution is -2.41. The lowest BCUT2D eigenvalue weighted by molar-refractivity contribution is -0.126. The smallest absolute Gasteiger partial charge is 0.249 e. The first kappa shape index (κ1) is 16.5. The maximum atomic E-state index is 12.5. The van der Waals surface area contributed by atoms with Crippen LogP contribution in [0.2, 0.25) is 5.02 Å². The molecule has 1 atom stereocenters. The van der Waals surface area contributed by atoms with Crippen LogP contribution in [0.15, 0.2) is 48.8 Å². The van der Waals surface area contributed by atoms with Crippen LogP contribution in [0.3, 0.4) is 0 Å². The molecule has 1 aromatic carbocycles. The van der Waals surface area contributed by atoms with Crippen LogP contribution in [0.25, 0.3) is 0 Å². The van der Waals surface area contributed by atoms with Gasteiger partial charge < -0.3 is 10.2 Å². The summed E-state index contributed by atoms with van der Waals surface area (Å²) in [5, 5.41) is 3.46. The Labute approximate surface area is 145 Å². The van der Waals surface area contributed by atoms with Gasteiger partial charge >= 0.3 is 0 Å². The van der Waals surface area contributed by atoms with Crippen molar-refractivity contribution in [1.29, 1.82) is 0 Å². The van der Waals surface area contributed by atoms with Crippen LogP contribution in [0.5, 0.6) is 0 Å². The number of hydrogen-bond acceptors (Lipinski definition) is 3. The first-order valence-electron chi connectivity index (χ1n) is 7.89. The fourth-order valence-corrected chi connectivity index (χ4v) is 2.89. The van der Waals surface area contributed by atoms with Gasteiger partial charge in [-0.25, -0.2) is 0 Å². The highest BCUT2D eigenvalue weighted by Gasteiger charge is 2.33. The van der Waals surface area contributed by atoms with Gasteiger partial charge in [-0.1, -0.05) is 17.7 Å². The highest BCUT2D eigenvalue weighted by molar-refractivity contribution is 6.30. The summed E-state index contributed by atoms with van der Waals surface area (Å²) in [5.41, 5.74) is 1.81. The first-order chi connectivity index (χ1) is 11.6. The van der Waals surface area contributed by atoms with E-state index in [2.05, 4.69) is 10.3 Å². The summed E-state index contributed by atoms with van der Waals surface area (Å²) in [6.45, 7) is 0.591. The van der Waals surface area contributed by atoms with Crippen LogP contribution >= 0.6 is 11.6 Å². The molecule has 1 fully saturated rings. The molecular formula is C18H18ClN3O2. The molecule has 0 bridgehead atoms. The second-order valence-corrected chi connectivity index (χ2v) is 6.17. The fourth-order valence-electron chi connectivity index (χ4n) is 2.76. The molecule has 0 spiro atoms. The zero-order valence-electron chi connectivity index (χ0n) is 13.1. The van der Waals surface area contributed by atoms with Crippen molar-refractivity contribution in [3.05, 3.63) is 59.4 Å². The average molecular weight is 344 g/mol. The van der Waals surface area contributed by atoms with Gasteiger partial charge in [0.25, 0.3) is 0 Å². The maximum Gasteiger partial charge on any atom is 0.249 e. The summed E-state index contributed by atoms with van der Waals surface area (Å²) in [7, 11) is 0. The Morgan fingerprint density at radius 2 is 2.08 bits per heavy atom. The van der Waals surface area contributed by atoms with E-state index in [9.17, 15) is 9.59 Å². The number of anilines is 1. The van der Waals surface area contributed by atoms with E-state index in [4.69, 9.17) is 11.6 Å². The Hall–Kier alpha value is -2.40. The third kappa shape index (κ3) is 3.92. The van der Waals surface area contributed by atoms with Crippen LogP contribution in [0, 0.1) is 0 Å². The first-order valence-corrected chi connectivity index (χ1v) is 8.26. The van der Waals surface area contributed by atoms with Crippen molar-refractivity contribution in [2.24, 2.45) is 0 Å². The minimum Gasteiger partial charge on any atom is -0.344 e. The van der Waals surface area contributed by atoms with Gasteiger partial charge in [-0.15, -0.1) is 0 Å². The molecule has 0 radical (unpaired) electrons. The monoisotopic (exact) mass is 343 g/mol. The largest absolute Gasteiger partial charge is 0.344 e. The van der Waals surface area contributed by atoms with Crippen molar-refractivity contribution in [3.8, 4) is 0 Å². The van der Waals surface area contributed by atoms with Crippen molar-refractivity contribution in [2.75, 3.05) is 11.4 Å². The van der Waals surface area contributed by atoms with Gasteiger partial charge in [0.15, 0.2) is 0 Å². The summed E-state index contributed by atoms with van der Waals surface area (Å²) >= 11 is 5.87. The molecule has 1 aliphatic rings. The number of carbonyl (C=O) groups excluding carboxylic acids is 2. The molecule has 2 heterocycles. The summed E-state index contributed by atoms with van der Waals surface area (Å²) in [6.07, 6.45) is 5.01. The molecule has 1 N–H and O–H groups in total. The third-order valence-electron chi connectivity index (χ3n) is 4.04. The number of carbonyl (C=O) groups is 2. The van der Waals surface area contributed by atoms with E-state index in [0.717, 1.165) is 11.3 Å². The number of rotatable bonds is 5. The van der Waals surface area contributed by atoms with Gasteiger partial charge in [0.05, 0.1) is 0 Å². The minimum atomic E-state index is -0.456. The molecule has 0 unspecified atom stereocenters. The minimum absolute atomic E-state index is 0.0768. The molecule has 5 nitrogen and oxygen atoms in total. The van der Waals surface area contributed by atoms with Gasteiger partial charge in [0, 0.05) is 36.1 Å². The number of nitrogens with zero attached hydrogens (tertiary/aromatic N) is 2. The van der Waals surface area contributed by atoms with E-state index in [0.29, 0.717) is 30.8 Å². The second-order valence-electron chi connectivity index (χ2n) is 5.74. The molecule has 3 rings (SSSR count). The van der Waals surface area contributed by atoms with Gasteiger partial charge in [0.1, 0.15) is 6.04 Å². The van der Waals surface area contributed by atoms with Crippen molar-refractivity contribution in [3.63, 3.8) is 0 Å². The third-order valence-corrected chi connectivity index (χ3v) is 4.29. The number of aromatic nitrogens is 1. The van der Waals surface area contributed by atoms with E-state index >= 15 is 0 Å². The van der Waals surface area contributed by atoms with Crippen molar-refractivity contribution >= 4 is 29.1 Å². The second kappa shape index (κ2) is 7.45. The zero-order valence-corrected chi connectivity index (χ0v) is 13.9. The number of pyridine rings is 1. The molecule has 1 aromatic heterocycles. The molecule has 1 aliphatic heterocycles. The number of aryl methyl sites for hydroxylation is 1. The van der Waals surface area contributed by atoms with Crippen LogP contribution in [0.4, 0.5) is 5.69 Å². The summed E-state index contributed by atoms with van der Waals surface area (Å²) < 4.78 is 0. The number of amides is 2. The summed E-state index contributed by atoms with van der Waals surface area (Å²) in [4.78, 5) is 30.3. The number of halogens is 1. The zero-order chi connectivity index (χ0) is 16.9. The lowest BCUT2D eigenvalue weighted by atomic mass is 10.1. The van der Waals surface area contributed by atoms with E-state index < -0.39 is 6.04 Å². The highest BCUT2D eigenvalue weighted by atomic mass is 35.5. The predicted molar refractivity (Wildman–Crippen MR) is 92.9 cm³/mol. The molecule has 6 heteroatoms. The van der Waals surface area contributed by atoms with Gasteiger partial charge in [0.2, 0.25) is 11.8 Å². The van der Waals surface area contributed by atoms with Gasteiger partial charge in [-0.05, 0) is 48.7 Å². The molecule has 1 saturated heterocycles. The highest BCUT2D eigenvalue weighted by Crippen LogP contribution is 2.23. The van der Waals surface area contributed by atoms with Crippen molar-refractivity contribution in [2.45, 2.75) is 25.3 Å².